The van der Waals surface area contributed by atoms with Crippen molar-refractivity contribution in [3.8, 4) is 5.75 Å². The number of halogens is 5. The average Bonchev–Trinajstić information content (AvgIpc) is 2.14. The summed E-state index contributed by atoms with van der Waals surface area (Å²) in [6.07, 6.45) is -4.60. The Kier molecular flexibility index (Phi) is 3.70. The molecule has 1 aromatic rings. The van der Waals surface area contributed by atoms with Gasteiger partial charge in [0.15, 0.2) is 0 Å². The Morgan fingerprint density at radius 1 is 1.38 bits per heavy atom. The molecule has 1 aromatic carbocycles. The third-order valence-corrected chi connectivity index (χ3v) is 2.27. The third kappa shape index (κ3) is 2.59. The van der Waals surface area contributed by atoms with Crippen molar-refractivity contribution in [3.63, 3.8) is 0 Å². The van der Waals surface area contributed by atoms with Crippen LogP contribution in [0.25, 0.3) is 0 Å². The van der Waals surface area contributed by atoms with Gasteiger partial charge in [0.1, 0.15) is 5.75 Å². The van der Waals surface area contributed by atoms with Crippen LogP contribution in [-0.2, 0) is 6.18 Å². The lowest BCUT2D eigenvalue weighted by molar-refractivity contribution is -0.137. The molecule has 0 N–H and O–H groups in total. The fourth-order valence-corrected chi connectivity index (χ4v) is 1.55. The number of hydrogen-bond acceptors (Lipinski definition) is 2. The highest BCUT2D eigenvalue weighted by Crippen LogP contribution is 2.37. The average molecular weight is 273 g/mol. The molecular formula is C9H5Cl2F3O2. The Bertz CT molecular complexity index is 429. The second-order valence-electron chi connectivity index (χ2n) is 2.81. The molecule has 2 nitrogen and oxygen atoms in total. The molecule has 0 unspecified atom stereocenters. The van der Waals surface area contributed by atoms with Crippen LogP contribution >= 0.6 is 23.2 Å². The Balaban J connectivity index is 3.46. The van der Waals surface area contributed by atoms with E-state index in [1.807, 2.05) is 0 Å². The summed E-state index contributed by atoms with van der Waals surface area (Å²) in [5, 5.41) is -1.38. The van der Waals surface area contributed by atoms with E-state index >= 15 is 0 Å². The highest BCUT2D eigenvalue weighted by Gasteiger charge is 2.33. The van der Waals surface area contributed by atoms with Gasteiger partial charge in [0.25, 0.3) is 5.24 Å². The molecule has 0 saturated heterocycles. The van der Waals surface area contributed by atoms with E-state index in [1.54, 1.807) is 0 Å². The molecule has 0 bridgehead atoms. The Hall–Kier alpha value is -0.940. The van der Waals surface area contributed by atoms with Gasteiger partial charge >= 0.3 is 6.18 Å². The maximum absolute atomic E-state index is 12.4. The zero-order valence-electron chi connectivity index (χ0n) is 7.86. The molecular weight excluding hydrogens is 268 g/mol. The Morgan fingerprint density at radius 3 is 2.31 bits per heavy atom. The molecule has 0 heterocycles. The Labute approximate surface area is 98.9 Å². The van der Waals surface area contributed by atoms with Crippen LogP contribution in [0.2, 0.25) is 5.02 Å². The number of ether oxygens (including phenoxy) is 1. The lowest BCUT2D eigenvalue weighted by Crippen LogP contribution is -2.07. The van der Waals surface area contributed by atoms with E-state index in [0.717, 1.165) is 0 Å². The van der Waals surface area contributed by atoms with E-state index in [1.165, 1.54) is 7.11 Å². The first-order valence-corrected chi connectivity index (χ1v) is 4.67. The molecule has 0 aromatic heterocycles. The SMILES string of the molecule is COc1c(Cl)cc(C(F)(F)F)cc1C(=O)Cl. The number of carbonyl (C=O) groups excluding carboxylic acids is 1. The number of methoxy groups -OCH3 is 1. The molecule has 0 spiro atoms. The standard InChI is InChI=1S/C9H5Cl2F3O2/c1-16-7-5(8(11)15)2-4(3-6(7)10)9(12,13)14/h2-3H,1H3. The Morgan fingerprint density at radius 2 is 1.94 bits per heavy atom. The van der Waals surface area contributed by atoms with Gasteiger partial charge in [-0.05, 0) is 23.7 Å². The van der Waals surface area contributed by atoms with Gasteiger partial charge < -0.3 is 4.74 Å². The summed E-state index contributed by atoms with van der Waals surface area (Å²) in [6, 6.07) is 1.27. The fraction of sp³-hybridized carbons (Fsp3) is 0.222. The zero-order valence-corrected chi connectivity index (χ0v) is 9.37. The van der Waals surface area contributed by atoms with Crippen molar-refractivity contribution in [1.82, 2.24) is 0 Å². The molecule has 1 rings (SSSR count). The second kappa shape index (κ2) is 4.51. The zero-order chi connectivity index (χ0) is 12.5. The topological polar surface area (TPSA) is 26.3 Å². The molecule has 0 aliphatic rings. The maximum atomic E-state index is 12.4. The molecule has 0 saturated carbocycles. The number of alkyl halides is 3. The fourth-order valence-electron chi connectivity index (χ4n) is 1.11. The number of rotatable bonds is 2. The highest BCUT2D eigenvalue weighted by molar-refractivity contribution is 6.68. The quantitative estimate of drug-likeness (QED) is 0.767. The van der Waals surface area contributed by atoms with Crippen LogP contribution in [-0.4, -0.2) is 12.4 Å². The van der Waals surface area contributed by atoms with Crippen molar-refractivity contribution in [2.24, 2.45) is 0 Å². The summed E-state index contributed by atoms with van der Waals surface area (Å²) in [7, 11) is 1.18. The first-order chi connectivity index (χ1) is 7.27. The van der Waals surface area contributed by atoms with Crippen LogP contribution in [0.5, 0.6) is 5.75 Å². The second-order valence-corrected chi connectivity index (χ2v) is 3.56. The van der Waals surface area contributed by atoms with Gasteiger partial charge in [-0.2, -0.15) is 13.2 Å². The summed E-state index contributed by atoms with van der Waals surface area (Å²) >= 11 is 10.7. The summed E-state index contributed by atoms with van der Waals surface area (Å²) < 4.78 is 41.9. The van der Waals surface area contributed by atoms with Crippen molar-refractivity contribution in [1.29, 1.82) is 0 Å². The van der Waals surface area contributed by atoms with Crippen LogP contribution in [0.1, 0.15) is 15.9 Å². The lowest BCUT2D eigenvalue weighted by atomic mass is 10.1. The van der Waals surface area contributed by atoms with Crippen LogP contribution in [0.4, 0.5) is 13.2 Å². The molecule has 0 radical (unpaired) electrons. The first kappa shape index (κ1) is 13.1. The summed E-state index contributed by atoms with van der Waals surface area (Å²) in [5.41, 5.74) is -1.47. The molecule has 16 heavy (non-hydrogen) atoms. The van der Waals surface area contributed by atoms with Crippen LogP contribution < -0.4 is 4.74 Å². The normalized spacial score (nSPS) is 11.4. The summed E-state index contributed by atoms with van der Waals surface area (Å²) in [6.45, 7) is 0. The predicted molar refractivity (Wildman–Crippen MR) is 53.2 cm³/mol. The lowest BCUT2D eigenvalue weighted by Gasteiger charge is -2.12. The molecule has 7 heteroatoms. The minimum Gasteiger partial charge on any atom is -0.494 e. The highest BCUT2D eigenvalue weighted by atomic mass is 35.5. The molecule has 88 valence electrons. The number of benzene rings is 1. The van der Waals surface area contributed by atoms with Crippen LogP contribution in [0, 0.1) is 0 Å². The van der Waals surface area contributed by atoms with E-state index in [2.05, 4.69) is 0 Å². The molecule has 0 aliphatic heterocycles. The van der Waals surface area contributed by atoms with E-state index in [0.29, 0.717) is 12.1 Å². The van der Waals surface area contributed by atoms with Crippen LogP contribution in [0.15, 0.2) is 12.1 Å². The third-order valence-electron chi connectivity index (χ3n) is 1.79. The van der Waals surface area contributed by atoms with E-state index in [-0.39, 0.29) is 10.8 Å². The van der Waals surface area contributed by atoms with Crippen LogP contribution in [0.3, 0.4) is 0 Å². The van der Waals surface area contributed by atoms with Gasteiger partial charge in [-0.1, -0.05) is 11.6 Å². The van der Waals surface area contributed by atoms with E-state index in [9.17, 15) is 18.0 Å². The monoisotopic (exact) mass is 272 g/mol. The van der Waals surface area contributed by atoms with Crippen molar-refractivity contribution in [2.45, 2.75) is 6.18 Å². The van der Waals surface area contributed by atoms with E-state index < -0.39 is 22.5 Å². The minimum atomic E-state index is -4.60. The summed E-state index contributed by atoms with van der Waals surface area (Å²) in [5.74, 6) is -0.172. The molecule has 0 fully saturated rings. The first-order valence-electron chi connectivity index (χ1n) is 3.92. The predicted octanol–water partition coefficient (Wildman–Crippen LogP) is 3.75. The van der Waals surface area contributed by atoms with Crippen molar-refractivity contribution in [3.05, 3.63) is 28.3 Å². The van der Waals surface area contributed by atoms with Crippen molar-refractivity contribution in [2.75, 3.05) is 7.11 Å². The summed E-state index contributed by atoms with van der Waals surface area (Å²) in [4.78, 5) is 10.9. The van der Waals surface area contributed by atoms with Crippen molar-refractivity contribution >= 4 is 28.4 Å². The minimum absolute atomic E-state index is 0.172. The van der Waals surface area contributed by atoms with Gasteiger partial charge in [-0.3, -0.25) is 4.79 Å². The molecule has 0 atom stereocenters. The number of hydrogen-bond donors (Lipinski definition) is 0. The van der Waals surface area contributed by atoms with Crippen molar-refractivity contribution < 1.29 is 22.7 Å². The van der Waals surface area contributed by atoms with Gasteiger partial charge in [-0.25, -0.2) is 0 Å². The van der Waals surface area contributed by atoms with Gasteiger partial charge in [0.05, 0.1) is 23.3 Å². The largest absolute Gasteiger partial charge is 0.494 e. The smallest absolute Gasteiger partial charge is 0.416 e. The van der Waals surface area contributed by atoms with Gasteiger partial charge in [0.2, 0.25) is 0 Å². The van der Waals surface area contributed by atoms with Gasteiger partial charge in [0, 0.05) is 0 Å². The molecule has 0 amide bonds. The van der Waals surface area contributed by atoms with Gasteiger partial charge in [-0.15, -0.1) is 0 Å². The maximum Gasteiger partial charge on any atom is 0.416 e. The van der Waals surface area contributed by atoms with E-state index in [4.69, 9.17) is 27.9 Å². The number of carbonyl (C=O) groups is 1. The molecule has 0 aliphatic carbocycles.